The molecule has 20 nitrogen and oxygen atoms in total. The molecule has 4 heterocycles. The molecule has 392 valence electrons. The zero-order chi connectivity index (χ0) is 53.6. The van der Waals surface area contributed by atoms with Crippen LogP contribution in [0.1, 0.15) is 107 Å². The molecule has 0 aliphatic rings. The van der Waals surface area contributed by atoms with Crippen LogP contribution in [-0.2, 0) is 27.2 Å². The van der Waals surface area contributed by atoms with Gasteiger partial charge in [0.25, 0.3) is 23.6 Å². The van der Waals surface area contributed by atoms with Crippen molar-refractivity contribution < 1.29 is 48.8 Å². The van der Waals surface area contributed by atoms with Crippen molar-refractivity contribution in [2.75, 3.05) is 43.4 Å². The van der Waals surface area contributed by atoms with Gasteiger partial charge in [-0.1, -0.05) is 49.7 Å². The van der Waals surface area contributed by atoms with Crippen LogP contribution in [0, 0.1) is 27.7 Å². The summed E-state index contributed by atoms with van der Waals surface area (Å²) in [5, 5.41) is 48.8. The van der Waals surface area contributed by atoms with Gasteiger partial charge in [-0.25, -0.2) is 29.5 Å². The van der Waals surface area contributed by atoms with Crippen molar-refractivity contribution >= 4 is 70.1 Å². The van der Waals surface area contributed by atoms with Gasteiger partial charge in [-0.2, -0.15) is 0 Å². The first-order valence-corrected chi connectivity index (χ1v) is 25.7. The number of anilines is 2. The number of phenols is 2. The lowest BCUT2D eigenvalue weighted by Crippen LogP contribution is -2.49. The number of aromatic nitrogens is 4. The number of carboxylic acids is 1. The van der Waals surface area contributed by atoms with E-state index in [1.54, 1.807) is 93.1 Å². The van der Waals surface area contributed by atoms with E-state index in [0.717, 1.165) is 43.2 Å². The van der Waals surface area contributed by atoms with E-state index in [9.17, 15) is 44.1 Å². The Morgan fingerprint density at radius 3 is 1.41 bits per heavy atom. The highest BCUT2D eigenvalue weighted by molar-refractivity contribution is 7.12. The van der Waals surface area contributed by atoms with E-state index in [0.29, 0.717) is 63.9 Å². The Kier molecular flexibility index (Phi) is 22.2. The quantitative estimate of drug-likeness (QED) is 0.0225. The number of aryl methyl sites for hydroxylation is 6. The predicted molar refractivity (Wildman–Crippen MR) is 282 cm³/mol. The second-order valence-corrected chi connectivity index (χ2v) is 18.8. The number of hydrogen-bond acceptors (Lipinski definition) is 17. The molecular formula is C52H62N10O10S2. The number of carbonyl (C=O) groups excluding carboxylic acids is 5. The molecular weight excluding hydrogens is 989 g/mol. The lowest BCUT2D eigenvalue weighted by molar-refractivity contribution is -0.146. The number of amides is 4. The van der Waals surface area contributed by atoms with E-state index in [1.165, 1.54) is 22.7 Å². The number of nitrogens with zero attached hydrogens (tertiary/aromatic N) is 4. The fourth-order valence-corrected chi connectivity index (χ4v) is 8.59. The SMILES string of the molecule is CCCCOC(=O)[C@H](CNC(=O)c1cccs1)NC(=O)c1c(C)nc(NCCCc2cccc(O)c2)nc1C.Cc1nc(NCCCc2cccc(O)c2)nc(C)c1C(=O)N[C@@H](CNC(=O)c1cccs1)C(=O)O. The molecule has 0 saturated heterocycles. The third-order valence-electron chi connectivity index (χ3n) is 11.0. The number of ether oxygens (including phenoxy) is 1. The second-order valence-electron chi connectivity index (χ2n) is 16.9. The predicted octanol–water partition coefficient (Wildman–Crippen LogP) is 6.30. The summed E-state index contributed by atoms with van der Waals surface area (Å²) in [6.45, 7) is 9.72. The first kappa shape index (κ1) is 56.9. The molecule has 2 aromatic carbocycles. The Morgan fingerprint density at radius 2 is 1.01 bits per heavy atom. The van der Waals surface area contributed by atoms with E-state index < -0.39 is 41.7 Å². The number of aliphatic carboxylic acids is 1. The van der Waals surface area contributed by atoms with Gasteiger partial charge in [-0.05, 0) is 118 Å². The monoisotopic (exact) mass is 1050 g/mol. The number of phenolic OH excluding ortho intramolecular Hbond substituents is 2. The number of hydrogen-bond donors (Lipinski definition) is 9. The Labute approximate surface area is 436 Å². The summed E-state index contributed by atoms with van der Waals surface area (Å²) in [4.78, 5) is 93.4. The van der Waals surface area contributed by atoms with Crippen LogP contribution in [-0.4, -0.2) is 116 Å². The molecule has 0 saturated carbocycles. The third-order valence-corrected chi connectivity index (χ3v) is 12.8. The van der Waals surface area contributed by atoms with Crippen molar-refractivity contribution in [2.24, 2.45) is 0 Å². The summed E-state index contributed by atoms with van der Waals surface area (Å²) in [6.07, 6.45) is 4.67. The van der Waals surface area contributed by atoms with Gasteiger partial charge in [-0.15, -0.1) is 22.7 Å². The van der Waals surface area contributed by atoms with Gasteiger partial charge in [-0.3, -0.25) is 19.2 Å². The second kappa shape index (κ2) is 28.9. The molecule has 4 amide bonds. The summed E-state index contributed by atoms with van der Waals surface area (Å²) in [5.74, 6) is -2.55. The minimum atomic E-state index is -1.32. The lowest BCUT2D eigenvalue weighted by atomic mass is 10.1. The number of carboxylic acid groups (broad SMARTS) is 1. The summed E-state index contributed by atoms with van der Waals surface area (Å²) >= 11 is 2.52. The third kappa shape index (κ3) is 17.9. The molecule has 22 heteroatoms. The average molecular weight is 1050 g/mol. The largest absolute Gasteiger partial charge is 0.508 e. The summed E-state index contributed by atoms with van der Waals surface area (Å²) in [7, 11) is 0. The number of thiophene rings is 2. The number of esters is 1. The van der Waals surface area contributed by atoms with E-state index >= 15 is 0 Å². The van der Waals surface area contributed by atoms with Gasteiger partial charge < -0.3 is 52.0 Å². The topological polar surface area (TPSA) is 296 Å². The van der Waals surface area contributed by atoms with Gasteiger partial charge in [0, 0.05) is 26.2 Å². The standard InChI is InChI=1S/C28H35N5O5S.C24H27N5O5S/c1-4-5-14-38-27(37)22(17-30-25(35)23-12-8-15-39-23)33-26(36)24-18(2)31-28(32-19(24)3)29-13-7-10-20-9-6-11-21(34)16-20;1-14-20(22(32)29-18(23(33)34)13-26-21(31)19-9-5-11-35-19)15(2)28-24(27-14)25-10-4-7-16-6-3-8-17(30)12-16/h6,8-9,11-12,15-16,22,34H,4-5,7,10,13-14,17H2,1-3H3,(H,30,35)(H,33,36)(H,29,31,32);3,5-6,8-9,11-12,18,30H,4,7,10,13H2,1-2H3,(H,26,31)(H,29,32)(H,33,34)(H,25,27,28)/t22-;18-/m00/s1. The summed E-state index contributed by atoms with van der Waals surface area (Å²) < 4.78 is 5.32. The van der Waals surface area contributed by atoms with Crippen LogP contribution in [0.5, 0.6) is 11.5 Å². The fraction of sp³-hybridized carbons (Fsp3) is 0.346. The number of aromatic hydroxyl groups is 2. The molecule has 74 heavy (non-hydrogen) atoms. The molecule has 9 N–H and O–H groups in total. The zero-order valence-corrected chi connectivity index (χ0v) is 43.5. The molecule has 0 unspecified atom stereocenters. The van der Waals surface area contributed by atoms with E-state index in [4.69, 9.17) is 4.74 Å². The van der Waals surface area contributed by atoms with Crippen LogP contribution in [0.25, 0.3) is 0 Å². The Bertz CT molecular complexity index is 2800. The molecule has 0 aliphatic carbocycles. The maximum Gasteiger partial charge on any atom is 0.330 e. The maximum absolute atomic E-state index is 13.2. The van der Waals surface area contributed by atoms with Gasteiger partial charge in [0.2, 0.25) is 11.9 Å². The first-order valence-electron chi connectivity index (χ1n) is 23.9. The highest BCUT2D eigenvalue weighted by Gasteiger charge is 2.27. The Balaban J connectivity index is 0.000000276. The summed E-state index contributed by atoms with van der Waals surface area (Å²) in [5.41, 5.74) is 4.21. The van der Waals surface area contributed by atoms with Crippen LogP contribution in [0.3, 0.4) is 0 Å². The number of nitrogens with one attached hydrogen (secondary N) is 6. The van der Waals surface area contributed by atoms with E-state index in [-0.39, 0.29) is 48.2 Å². The van der Waals surface area contributed by atoms with Gasteiger partial charge in [0.15, 0.2) is 0 Å². The highest BCUT2D eigenvalue weighted by Crippen LogP contribution is 2.18. The minimum Gasteiger partial charge on any atom is -0.508 e. The molecule has 4 aromatic heterocycles. The highest BCUT2D eigenvalue weighted by atomic mass is 32.1. The Morgan fingerprint density at radius 1 is 0.581 bits per heavy atom. The van der Waals surface area contributed by atoms with Crippen LogP contribution < -0.4 is 31.9 Å². The van der Waals surface area contributed by atoms with Crippen molar-refractivity contribution in [1.29, 1.82) is 0 Å². The molecule has 0 spiro atoms. The maximum atomic E-state index is 13.2. The van der Waals surface area contributed by atoms with Crippen molar-refractivity contribution in [1.82, 2.24) is 41.2 Å². The smallest absolute Gasteiger partial charge is 0.330 e. The lowest BCUT2D eigenvalue weighted by Gasteiger charge is -2.19. The number of rotatable bonds is 25. The molecule has 0 bridgehead atoms. The van der Waals surface area contributed by atoms with E-state index in [1.807, 2.05) is 25.1 Å². The van der Waals surface area contributed by atoms with Gasteiger partial charge in [0.05, 0.1) is 50.3 Å². The Hall–Kier alpha value is -7.98. The van der Waals surface area contributed by atoms with Crippen molar-refractivity contribution in [3.05, 3.63) is 138 Å². The van der Waals surface area contributed by atoms with Crippen LogP contribution in [0.2, 0.25) is 0 Å². The molecule has 2 atom stereocenters. The molecule has 0 fully saturated rings. The summed E-state index contributed by atoms with van der Waals surface area (Å²) in [6, 6.07) is 18.6. The van der Waals surface area contributed by atoms with Gasteiger partial charge >= 0.3 is 11.9 Å². The number of unbranched alkanes of at least 4 members (excludes halogenated alkanes) is 1. The van der Waals surface area contributed by atoms with Crippen molar-refractivity contribution in [3.63, 3.8) is 0 Å². The average Bonchev–Trinajstić information content (AvgIpc) is 4.11. The van der Waals surface area contributed by atoms with Crippen molar-refractivity contribution in [2.45, 2.75) is 85.2 Å². The van der Waals surface area contributed by atoms with Crippen molar-refractivity contribution in [3.8, 4) is 11.5 Å². The van der Waals surface area contributed by atoms with Crippen LogP contribution >= 0.6 is 22.7 Å². The zero-order valence-electron chi connectivity index (χ0n) is 41.8. The fourth-order valence-electron chi connectivity index (χ4n) is 7.31. The van der Waals surface area contributed by atoms with Crippen LogP contribution in [0.15, 0.2) is 83.6 Å². The van der Waals surface area contributed by atoms with E-state index in [2.05, 4.69) is 51.8 Å². The molecule has 0 radical (unpaired) electrons. The number of carbonyl (C=O) groups is 6. The normalized spacial score (nSPS) is 11.5. The molecule has 6 aromatic rings. The molecule has 6 rings (SSSR count). The molecule has 0 aliphatic heterocycles. The number of benzene rings is 2. The van der Waals surface area contributed by atoms with Gasteiger partial charge in [0.1, 0.15) is 23.6 Å². The minimum absolute atomic E-state index is 0.120. The first-order chi connectivity index (χ1) is 35.5. The van der Waals surface area contributed by atoms with Crippen LogP contribution in [0.4, 0.5) is 11.9 Å².